The van der Waals surface area contributed by atoms with Gasteiger partial charge >= 0.3 is 70.9 Å². The van der Waals surface area contributed by atoms with E-state index in [9.17, 15) is 35.5 Å². The molecule has 2 amide bonds. The van der Waals surface area contributed by atoms with Gasteiger partial charge in [0.05, 0.1) is 22.2 Å². The summed E-state index contributed by atoms with van der Waals surface area (Å²) < 4.78 is 66.8. The molecular weight excluding hydrogens is 486 g/mol. The zero-order chi connectivity index (χ0) is 22.4. The van der Waals surface area contributed by atoms with Gasteiger partial charge in [0.2, 0.25) is 0 Å². The number of nitrogens with one attached hydrogen (secondary N) is 2. The Kier molecular flexibility index (Phi) is 12.7. The number of hydrazone groups is 2. The molecule has 0 spiro atoms. The molecule has 0 saturated heterocycles. The van der Waals surface area contributed by atoms with Crippen LogP contribution in [0.25, 0.3) is 0 Å². The van der Waals surface area contributed by atoms with E-state index >= 15 is 0 Å². The smallest absolute Gasteiger partial charge is 0.744 e. The summed E-state index contributed by atoms with van der Waals surface area (Å²) in [6.07, 6.45) is 1.71. The molecule has 0 fully saturated rings. The summed E-state index contributed by atoms with van der Waals surface area (Å²) in [5.41, 5.74) is 3.37. The summed E-state index contributed by atoms with van der Waals surface area (Å²) >= 11 is 0. The predicted octanol–water partition coefficient (Wildman–Crippen LogP) is -6.90. The van der Waals surface area contributed by atoms with Gasteiger partial charge in [-0.2, -0.15) is 10.2 Å². The van der Waals surface area contributed by atoms with Crippen molar-refractivity contribution in [3.05, 3.63) is 59.7 Å². The topological polar surface area (TPSA) is 197 Å². The van der Waals surface area contributed by atoms with Crippen LogP contribution in [0.4, 0.5) is 0 Å². The Hall–Kier alpha value is -1.46. The van der Waals surface area contributed by atoms with Crippen molar-refractivity contribution in [1.82, 2.24) is 10.9 Å². The first-order chi connectivity index (χ1) is 14.0. The Morgan fingerprint density at radius 1 is 0.688 bits per heavy atom. The predicted molar refractivity (Wildman–Crippen MR) is 100 cm³/mol. The van der Waals surface area contributed by atoms with Crippen LogP contribution >= 0.6 is 0 Å². The van der Waals surface area contributed by atoms with E-state index < -0.39 is 41.8 Å². The molecule has 2 rings (SSSR count). The number of hydrogen-bond acceptors (Lipinski definition) is 10. The number of amides is 2. The largest absolute Gasteiger partial charge is 1.00 e. The van der Waals surface area contributed by atoms with Crippen molar-refractivity contribution in [2.45, 2.75) is 9.79 Å². The quantitative estimate of drug-likeness (QED) is 0.129. The molecule has 2 aromatic rings. The fraction of sp³-hybridized carbons (Fsp3) is 0. The van der Waals surface area contributed by atoms with Crippen molar-refractivity contribution in [3.8, 4) is 0 Å². The van der Waals surface area contributed by atoms with Crippen LogP contribution in [-0.4, -0.2) is 50.2 Å². The summed E-state index contributed by atoms with van der Waals surface area (Å²) in [4.78, 5) is 22.2. The average molecular weight is 498 g/mol. The van der Waals surface area contributed by atoms with Crippen molar-refractivity contribution in [2.24, 2.45) is 10.2 Å². The Morgan fingerprint density at radius 2 is 1.00 bits per heavy atom. The fourth-order valence-corrected chi connectivity index (χ4v) is 3.36. The van der Waals surface area contributed by atoms with Crippen LogP contribution < -0.4 is 70.0 Å². The molecule has 2 N–H and O–H groups in total. The summed E-state index contributed by atoms with van der Waals surface area (Å²) in [6.45, 7) is 0. The molecule has 0 aliphatic heterocycles. The summed E-state index contributed by atoms with van der Waals surface area (Å²) in [7, 11) is -9.54. The Balaban J connectivity index is 0.00000480. The van der Waals surface area contributed by atoms with Gasteiger partial charge in [0.25, 0.3) is 0 Å². The van der Waals surface area contributed by atoms with Crippen molar-refractivity contribution >= 4 is 44.5 Å². The Bertz CT molecular complexity index is 1150. The summed E-state index contributed by atoms with van der Waals surface area (Å²) in [6, 6.07) is 10.1. The molecule has 0 radical (unpaired) electrons. The number of hydrogen-bond donors (Lipinski definition) is 2. The second-order valence-electron chi connectivity index (χ2n) is 5.38. The van der Waals surface area contributed by atoms with Crippen molar-refractivity contribution in [2.75, 3.05) is 0 Å². The first-order valence-corrected chi connectivity index (χ1v) is 10.6. The van der Waals surface area contributed by atoms with Gasteiger partial charge in [-0.05, 0) is 12.1 Å². The molecule has 12 nitrogen and oxygen atoms in total. The van der Waals surface area contributed by atoms with Crippen LogP contribution in [0.1, 0.15) is 11.1 Å². The fourth-order valence-electron chi connectivity index (χ4n) is 2.05. The molecule has 0 heterocycles. The number of carbonyl (C=O) groups is 2. The van der Waals surface area contributed by atoms with Crippen LogP contribution in [0.2, 0.25) is 0 Å². The zero-order valence-corrected chi connectivity index (χ0v) is 22.4. The van der Waals surface area contributed by atoms with E-state index in [0.717, 1.165) is 24.6 Å². The second kappa shape index (κ2) is 13.3. The molecule has 2 aromatic carbocycles. The molecule has 0 bridgehead atoms. The van der Waals surface area contributed by atoms with Gasteiger partial charge in [-0.15, -0.1) is 0 Å². The van der Waals surface area contributed by atoms with E-state index in [1.807, 2.05) is 0 Å². The standard InChI is InChI=1S/C16H14N4O8S2.2Na/c21-15(19-17-9-11-5-1-3-7-13(11)29(23,24)25)16(22)20-18-10-12-6-2-4-8-14(12)30(26,27)28;;/h1-10H,(H,19,21)(H,20,22)(H,23,24,25)(H,26,27,28);;/q;2*+1/p-2/b17-9+,18-10+;;. The van der Waals surface area contributed by atoms with Crippen molar-refractivity contribution in [1.29, 1.82) is 0 Å². The van der Waals surface area contributed by atoms with E-state index in [0.29, 0.717) is 0 Å². The van der Waals surface area contributed by atoms with Crippen LogP contribution in [0.3, 0.4) is 0 Å². The van der Waals surface area contributed by atoms with Gasteiger partial charge < -0.3 is 9.11 Å². The summed E-state index contributed by atoms with van der Waals surface area (Å²) in [5, 5.41) is 6.78. The Labute approximate surface area is 227 Å². The second-order valence-corrected chi connectivity index (χ2v) is 8.08. The van der Waals surface area contributed by atoms with Gasteiger partial charge in [0, 0.05) is 11.1 Å². The molecule has 0 saturated carbocycles. The average Bonchev–Trinajstić information content (AvgIpc) is 2.67. The van der Waals surface area contributed by atoms with Gasteiger partial charge in [-0.3, -0.25) is 9.59 Å². The maximum atomic E-state index is 11.6. The zero-order valence-electron chi connectivity index (χ0n) is 16.8. The van der Waals surface area contributed by atoms with Crippen LogP contribution in [0.5, 0.6) is 0 Å². The van der Waals surface area contributed by atoms with E-state index in [-0.39, 0.29) is 70.2 Å². The van der Waals surface area contributed by atoms with E-state index in [1.54, 1.807) is 10.9 Å². The minimum atomic E-state index is -4.77. The van der Waals surface area contributed by atoms with Gasteiger partial charge in [0.1, 0.15) is 20.2 Å². The normalized spacial score (nSPS) is 11.4. The van der Waals surface area contributed by atoms with Gasteiger partial charge in [0.15, 0.2) is 0 Å². The minimum absolute atomic E-state index is 0. The van der Waals surface area contributed by atoms with Crippen molar-refractivity contribution in [3.63, 3.8) is 0 Å². The molecular formula is C16H12N4Na2O8S2. The number of benzene rings is 2. The maximum Gasteiger partial charge on any atom is 1.00 e. The molecule has 0 atom stereocenters. The molecule has 16 heteroatoms. The molecule has 0 unspecified atom stereocenters. The van der Waals surface area contributed by atoms with E-state index in [1.165, 1.54) is 36.4 Å². The minimum Gasteiger partial charge on any atom is -0.744 e. The van der Waals surface area contributed by atoms with Crippen LogP contribution in [-0.2, 0) is 29.8 Å². The summed E-state index contributed by atoms with van der Waals surface area (Å²) in [5.74, 6) is -2.59. The Morgan fingerprint density at radius 3 is 1.31 bits per heavy atom. The molecule has 0 aliphatic carbocycles. The van der Waals surface area contributed by atoms with Gasteiger partial charge in [-0.25, -0.2) is 27.7 Å². The van der Waals surface area contributed by atoms with Crippen LogP contribution in [0, 0.1) is 0 Å². The maximum absolute atomic E-state index is 11.6. The number of carbonyl (C=O) groups excluding carboxylic acids is 2. The monoisotopic (exact) mass is 498 g/mol. The van der Waals surface area contributed by atoms with Crippen molar-refractivity contribution < 1.29 is 94.6 Å². The molecule has 0 aromatic heterocycles. The van der Waals surface area contributed by atoms with E-state index in [2.05, 4.69) is 10.2 Å². The van der Waals surface area contributed by atoms with E-state index in [4.69, 9.17) is 0 Å². The van der Waals surface area contributed by atoms with Gasteiger partial charge in [-0.1, -0.05) is 36.4 Å². The third-order valence-electron chi connectivity index (χ3n) is 3.32. The first-order valence-electron chi connectivity index (χ1n) is 7.76. The molecule has 158 valence electrons. The molecule has 32 heavy (non-hydrogen) atoms. The first kappa shape index (κ1) is 30.5. The third-order valence-corrected chi connectivity index (χ3v) is 5.14. The third kappa shape index (κ3) is 9.19. The number of rotatable bonds is 6. The number of nitrogens with zero attached hydrogens (tertiary/aromatic N) is 2. The molecule has 0 aliphatic rings. The van der Waals surface area contributed by atoms with Crippen LogP contribution in [0.15, 0.2) is 68.5 Å². The SMILES string of the molecule is O=C(N/N=C/c1ccccc1S(=O)(=O)[O-])C(=O)N/N=C/c1ccccc1S(=O)(=O)[O-].[Na+].[Na+].